The number of halogens is 1. The highest BCUT2D eigenvalue weighted by atomic mass is 19.1. The molecule has 0 fully saturated rings. The van der Waals surface area contributed by atoms with E-state index < -0.39 is 17.7 Å². The van der Waals surface area contributed by atoms with Crippen molar-refractivity contribution in [3.05, 3.63) is 53.3 Å². The smallest absolute Gasteiger partial charge is 0.337 e. The van der Waals surface area contributed by atoms with Gasteiger partial charge in [0, 0.05) is 11.8 Å². The van der Waals surface area contributed by atoms with E-state index in [0.717, 1.165) is 18.2 Å². The molecule has 0 bridgehead atoms. The van der Waals surface area contributed by atoms with Crippen molar-refractivity contribution >= 4 is 23.3 Å². The van der Waals surface area contributed by atoms with E-state index in [9.17, 15) is 14.0 Å². The number of carbonyl (C=O) groups excluding carboxylic acids is 1. The summed E-state index contributed by atoms with van der Waals surface area (Å²) in [5.41, 5.74) is 5.25. The molecule has 2 rings (SSSR count). The fraction of sp³-hybridized carbons (Fsp3) is 0. The molecule has 0 atom stereocenters. The van der Waals surface area contributed by atoms with Crippen LogP contribution in [-0.4, -0.2) is 22.1 Å². The Morgan fingerprint density at radius 2 is 1.76 bits per heavy atom. The average molecular weight is 290 g/mol. The molecule has 0 saturated carbocycles. The Morgan fingerprint density at radius 1 is 1.10 bits per heavy atom. The summed E-state index contributed by atoms with van der Waals surface area (Å²) < 4.78 is 13.6. The fourth-order valence-corrected chi connectivity index (χ4v) is 1.73. The van der Waals surface area contributed by atoms with Crippen LogP contribution in [0.25, 0.3) is 0 Å². The lowest BCUT2D eigenvalue weighted by Crippen LogP contribution is -2.16. The van der Waals surface area contributed by atoms with Crippen molar-refractivity contribution in [1.82, 2.24) is 0 Å². The van der Waals surface area contributed by atoms with Crippen LogP contribution < -0.4 is 11.1 Å². The largest absolute Gasteiger partial charge is 0.508 e. The van der Waals surface area contributed by atoms with Gasteiger partial charge in [-0.2, -0.15) is 0 Å². The second-order valence-corrected chi connectivity index (χ2v) is 4.23. The standard InChI is InChI=1S/C14H11FN2O4/c15-11-6-8(18)2-4-9(11)13(19)17-12-5-7(16)1-3-10(12)14(20)21/h1-6,18H,16H2,(H,17,19)(H,20,21). The molecular weight excluding hydrogens is 279 g/mol. The number of rotatable bonds is 3. The van der Waals surface area contributed by atoms with Crippen molar-refractivity contribution in [2.45, 2.75) is 0 Å². The number of hydrogen-bond donors (Lipinski definition) is 4. The number of hydrogen-bond acceptors (Lipinski definition) is 4. The molecule has 0 aliphatic heterocycles. The fourth-order valence-electron chi connectivity index (χ4n) is 1.73. The van der Waals surface area contributed by atoms with Gasteiger partial charge >= 0.3 is 5.97 Å². The Morgan fingerprint density at radius 3 is 2.38 bits per heavy atom. The number of nitrogens with one attached hydrogen (secondary N) is 1. The lowest BCUT2D eigenvalue weighted by molar-refractivity contribution is 0.0698. The van der Waals surface area contributed by atoms with E-state index >= 15 is 0 Å². The van der Waals surface area contributed by atoms with Crippen molar-refractivity contribution in [1.29, 1.82) is 0 Å². The van der Waals surface area contributed by atoms with Crippen molar-refractivity contribution in [2.24, 2.45) is 0 Å². The molecule has 1 amide bonds. The molecule has 2 aromatic rings. The van der Waals surface area contributed by atoms with Gasteiger partial charge in [-0.1, -0.05) is 0 Å². The number of amides is 1. The Labute approximate surface area is 118 Å². The molecule has 0 radical (unpaired) electrons. The molecule has 21 heavy (non-hydrogen) atoms. The van der Waals surface area contributed by atoms with Gasteiger partial charge in [-0.3, -0.25) is 4.79 Å². The van der Waals surface area contributed by atoms with Crippen LogP contribution in [0.3, 0.4) is 0 Å². The Bertz CT molecular complexity index is 731. The number of aromatic carboxylic acids is 1. The summed E-state index contributed by atoms with van der Waals surface area (Å²) in [7, 11) is 0. The third-order valence-electron chi connectivity index (χ3n) is 2.72. The zero-order chi connectivity index (χ0) is 15.6. The first-order valence-corrected chi connectivity index (χ1v) is 5.81. The van der Waals surface area contributed by atoms with Crippen LogP contribution in [0, 0.1) is 5.82 Å². The quantitative estimate of drug-likeness (QED) is 0.646. The number of phenolic OH excluding ortho intramolecular Hbond substituents is 1. The van der Waals surface area contributed by atoms with Gasteiger partial charge in [0.05, 0.1) is 16.8 Å². The number of aromatic hydroxyl groups is 1. The van der Waals surface area contributed by atoms with Crippen LogP contribution in [0.15, 0.2) is 36.4 Å². The van der Waals surface area contributed by atoms with E-state index in [0.29, 0.717) is 0 Å². The van der Waals surface area contributed by atoms with Crippen LogP contribution in [0.4, 0.5) is 15.8 Å². The third-order valence-corrected chi connectivity index (χ3v) is 2.72. The second-order valence-electron chi connectivity index (χ2n) is 4.23. The van der Waals surface area contributed by atoms with Gasteiger partial charge < -0.3 is 21.3 Å². The highest BCUT2D eigenvalue weighted by Crippen LogP contribution is 2.21. The van der Waals surface area contributed by atoms with Crippen molar-refractivity contribution < 1.29 is 24.2 Å². The predicted octanol–water partition coefficient (Wildman–Crippen LogP) is 2.06. The summed E-state index contributed by atoms with van der Waals surface area (Å²) >= 11 is 0. The van der Waals surface area contributed by atoms with Gasteiger partial charge in [-0.15, -0.1) is 0 Å². The lowest BCUT2D eigenvalue weighted by Gasteiger charge is -2.10. The van der Waals surface area contributed by atoms with Crippen LogP contribution in [0.1, 0.15) is 20.7 Å². The molecule has 108 valence electrons. The molecule has 7 heteroatoms. The average Bonchev–Trinajstić information content (AvgIpc) is 2.37. The molecule has 0 heterocycles. The van der Waals surface area contributed by atoms with Crippen LogP contribution in [0.5, 0.6) is 5.75 Å². The van der Waals surface area contributed by atoms with Gasteiger partial charge in [0.15, 0.2) is 0 Å². The van der Waals surface area contributed by atoms with E-state index in [1.54, 1.807) is 0 Å². The minimum Gasteiger partial charge on any atom is -0.508 e. The number of nitrogen functional groups attached to an aromatic ring is 1. The van der Waals surface area contributed by atoms with Crippen molar-refractivity contribution in [2.75, 3.05) is 11.1 Å². The maximum absolute atomic E-state index is 13.6. The maximum Gasteiger partial charge on any atom is 0.337 e. The zero-order valence-corrected chi connectivity index (χ0v) is 10.6. The Hall–Kier alpha value is -3.09. The Kier molecular flexibility index (Phi) is 3.75. The summed E-state index contributed by atoms with van der Waals surface area (Å²) in [5, 5.41) is 20.4. The predicted molar refractivity (Wildman–Crippen MR) is 73.8 cm³/mol. The summed E-state index contributed by atoms with van der Waals surface area (Å²) in [5.74, 6) is -3.34. The van der Waals surface area contributed by atoms with E-state index in [-0.39, 0.29) is 28.3 Å². The number of carboxylic acid groups (broad SMARTS) is 1. The summed E-state index contributed by atoms with van der Waals surface area (Å²) in [4.78, 5) is 23.0. The van der Waals surface area contributed by atoms with E-state index in [4.69, 9.17) is 15.9 Å². The lowest BCUT2D eigenvalue weighted by atomic mass is 10.1. The molecule has 0 aliphatic carbocycles. The molecule has 0 spiro atoms. The first-order chi connectivity index (χ1) is 9.88. The monoisotopic (exact) mass is 290 g/mol. The minimum absolute atomic E-state index is 0.0417. The SMILES string of the molecule is Nc1ccc(C(=O)O)c(NC(=O)c2ccc(O)cc2F)c1. The topological polar surface area (TPSA) is 113 Å². The van der Waals surface area contributed by atoms with Gasteiger partial charge in [0.2, 0.25) is 0 Å². The van der Waals surface area contributed by atoms with Gasteiger partial charge in [0.25, 0.3) is 5.91 Å². The molecular formula is C14H11FN2O4. The summed E-state index contributed by atoms with van der Waals surface area (Å²) in [6, 6.07) is 6.90. The normalized spacial score (nSPS) is 10.1. The summed E-state index contributed by atoms with van der Waals surface area (Å²) in [6.45, 7) is 0. The highest BCUT2D eigenvalue weighted by molar-refractivity contribution is 6.08. The molecule has 0 unspecified atom stereocenters. The van der Waals surface area contributed by atoms with Crippen molar-refractivity contribution in [3.8, 4) is 5.75 Å². The molecule has 0 aliphatic rings. The summed E-state index contributed by atoms with van der Waals surface area (Å²) in [6.07, 6.45) is 0. The minimum atomic E-state index is -1.25. The van der Waals surface area contributed by atoms with E-state index in [2.05, 4.69) is 5.32 Å². The van der Waals surface area contributed by atoms with E-state index in [1.165, 1.54) is 18.2 Å². The highest BCUT2D eigenvalue weighted by Gasteiger charge is 2.16. The molecule has 5 N–H and O–H groups in total. The first-order valence-electron chi connectivity index (χ1n) is 5.81. The zero-order valence-electron chi connectivity index (χ0n) is 10.6. The third kappa shape index (κ3) is 3.08. The number of carbonyl (C=O) groups is 2. The van der Waals surface area contributed by atoms with Crippen molar-refractivity contribution in [3.63, 3.8) is 0 Å². The molecule has 6 nitrogen and oxygen atoms in total. The number of nitrogens with two attached hydrogens (primary N) is 1. The maximum atomic E-state index is 13.6. The molecule has 0 saturated heterocycles. The first kappa shape index (κ1) is 14.3. The Balaban J connectivity index is 2.35. The number of anilines is 2. The molecule has 2 aromatic carbocycles. The van der Waals surface area contributed by atoms with Gasteiger partial charge in [0.1, 0.15) is 11.6 Å². The van der Waals surface area contributed by atoms with Gasteiger partial charge in [-0.25, -0.2) is 9.18 Å². The van der Waals surface area contributed by atoms with Gasteiger partial charge in [-0.05, 0) is 30.3 Å². The number of carboxylic acids is 1. The second kappa shape index (κ2) is 5.49. The number of benzene rings is 2. The molecule has 0 aromatic heterocycles. The van der Waals surface area contributed by atoms with Crippen LogP contribution in [0.2, 0.25) is 0 Å². The number of phenols is 1. The van der Waals surface area contributed by atoms with Crippen LogP contribution in [-0.2, 0) is 0 Å². The van der Waals surface area contributed by atoms with Crippen LogP contribution >= 0.6 is 0 Å². The van der Waals surface area contributed by atoms with E-state index in [1.807, 2.05) is 0 Å².